The molecule has 1 saturated heterocycles. The summed E-state index contributed by atoms with van der Waals surface area (Å²) in [6.07, 6.45) is 1.86. The van der Waals surface area contributed by atoms with Gasteiger partial charge in [0.15, 0.2) is 11.5 Å². The lowest BCUT2D eigenvalue weighted by atomic mass is 9.97. The molecule has 7 nitrogen and oxygen atoms in total. The van der Waals surface area contributed by atoms with E-state index in [2.05, 4.69) is 10.2 Å². The second-order valence-electron chi connectivity index (χ2n) is 8.51. The number of halogens is 1. The van der Waals surface area contributed by atoms with E-state index in [0.29, 0.717) is 30.5 Å². The van der Waals surface area contributed by atoms with Crippen LogP contribution >= 0.6 is 11.6 Å². The molecule has 5 rings (SSSR count). The summed E-state index contributed by atoms with van der Waals surface area (Å²) in [5.74, 6) is 2.86. The highest BCUT2D eigenvalue weighted by molar-refractivity contribution is 6.30. The molecule has 1 atom stereocenters. The van der Waals surface area contributed by atoms with Gasteiger partial charge < -0.3 is 19.2 Å². The van der Waals surface area contributed by atoms with Crippen molar-refractivity contribution in [2.45, 2.75) is 32.9 Å². The molecule has 8 heteroatoms. The van der Waals surface area contributed by atoms with Crippen molar-refractivity contribution in [1.29, 1.82) is 0 Å². The number of rotatable bonds is 6. The molecule has 0 unspecified atom stereocenters. The van der Waals surface area contributed by atoms with Gasteiger partial charge in [0.05, 0.1) is 11.6 Å². The van der Waals surface area contributed by atoms with Crippen molar-refractivity contribution in [3.8, 4) is 23.0 Å². The number of benzene rings is 2. The summed E-state index contributed by atoms with van der Waals surface area (Å²) in [6, 6.07) is 13.2. The molecule has 1 fully saturated rings. The lowest BCUT2D eigenvalue weighted by Gasteiger charge is -2.31. The number of carbonyl (C=O) groups is 1. The van der Waals surface area contributed by atoms with Gasteiger partial charge in [0.25, 0.3) is 0 Å². The average molecular weight is 468 g/mol. The monoisotopic (exact) mass is 467 g/mol. The first-order valence-electron chi connectivity index (χ1n) is 11.2. The largest absolute Gasteiger partial charge is 0.454 e. The maximum absolute atomic E-state index is 12.9. The normalized spacial score (nSPS) is 17.8. The number of likely N-dealkylation sites (tertiary alicyclic amines) is 1. The summed E-state index contributed by atoms with van der Waals surface area (Å²) in [4.78, 5) is 19.8. The van der Waals surface area contributed by atoms with Gasteiger partial charge >= 0.3 is 0 Å². The minimum absolute atomic E-state index is 0.0487. The van der Waals surface area contributed by atoms with Crippen LogP contribution in [0.2, 0.25) is 5.02 Å². The van der Waals surface area contributed by atoms with Gasteiger partial charge in [0.1, 0.15) is 5.76 Å². The van der Waals surface area contributed by atoms with E-state index in [1.807, 2.05) is 49.4 Å². The van der Waals surface area contributed by atoms with Crippen molar-refractivity contribution in [3.05, 3.63) is 64.5 Å². The summed E-state index contributed by atoms with van der Waals surface area (Å²) in [5.41, 5.74) is 2.75. The fourth-order valence-electron chi connectivity index (χ4n) is 4.33. The van der Waals surface area contributed by atoms with Crippen LogP contribution in [0.15, 0.2) is 46.9 Å². The Morgan fingerprint density at radius 1 is 1.21 bits per heavy atom. The molecule has 172 valence electrons. The van der Waals surface area contributed by atoms with Gasteiger partial charge in [-0.2, -0.15) is 0 Å². The zero-order valence-corrected chi connectivity index (χ0v) is 19.2. The number of hydrogen-bond acceptors (Lipinski definition) is 6. The molecule has 1 aromatic heterocycles. The number of aryl methyl sites for hydroxylation is 1. The Balaban J connectivity index is 1.18. The Morgan fingerprint density at radius 2 is 2.09 bits per heavy atom. The Hall–Kier alpha value is -3.03. The van der Waals surface area contributed by atoms with E-state index >= 15 is 0 Å². The van der Waals surface area contributed by atoms with Crippen LogP contribution in [-0.2, 0) is 17.9 Å². The quantitative estimate of drug-likeness (QED) is 0.572. The van der Waals surface area contributed by atoms with E-state index in [1.54, 1.807) is 0 Å². The van der Waals surface area contributed by atoms with E-state index < -0.39 is 0 Å². The number of oxazole rings is 1. The third kappa shape index (κ3) is 4.99. The smallest absolute Gasteiger partial charge is 0.231 e. The number of nitrogens with zero attached hydrogens (tertiary/aromatic N) is 2. The van der Waals surface area contributed by atoms with Gasteiger partial charge in [-0.3, -0.25) is 9.69 Å². The first-order chi connectivity index (χ1) is 16.0. The van der Waals surface area contributed by atoms with Crippen LogP contribution < -0.4 is 14.8 Å². The van der Waals surface area contributed by atoms with Crippen molar-refractivity contribution in [3.63, 3.8) is 0 Å². The van der Waals surface area contributed by atoms with Crippen molar-refractivity contribution in [2.24, 2.45) is 5.92 Å². The number of nitrogens with one attached hydrogen (secondary N) is 1. The number of aromatic nitrogens is 1. The van der Waals surface area contributed by atoms with Gasteiger partial charge in [-0.25, -0.2) is 4.98 Å². The topological polar surface area (TPSA) is 76.8 Å². The molecule has 3 aromatic rings. The molecule has 2 aliphatic heterocycles. The number of amides is 1. The second kappa shape index (κ2) is 9.45. The summed E-state index contributed by atoms with van der Waals surface area (Å²) < 4.78 is 16.7. The zero-order chi connectivity index (χ0) is 22.8. The van der Waals surface area contributed by atoms with Crippen LogP contribution in [0.3, 0.4) is 0 Å². The molecule has 0 aliphatic carbocycles. The minimum Gasteiger partial charge on any atom is -0.454 e. The molecule has 0 spiro atoms. The van der Waals surface area contributed by atoms with Crippen LogP contribution in [-0.4, -0.2) is 35.7 Å². The maximum atomic E-state index is 12.9. The predicted octanol–water partition coefficient (Wildman–Crippen LogP) is 4.56. The summed E-state index contributed by atoms with van der Waals surface area (Å²) >= 11 is 6.10. The fourth-order valence-corrected chi connectivity index (χ4v) is 4.52. The maximum Gasteiger partial charge on any atom is 0.231 e. The van der Waals surface area contributed by atoms with Crippen LogP contribution in [0.5, 0.6) is 11.5 Å². The highest BCUT2D eigenvalue weighted by Crippen LogP contribution is 2.32. The molecule has 1 amide bonds. The third-order valence-electron chi connectivity index (χ3n) is 6.12. The molecule has 0 bridgehead atoms. The standard InChI is InChI=1S/C25H26ClN3O4/c1-16-21(28-25(33-16)18-4-2-6-20(26)11-18)14-29-9-3-5-19(13-29)24(30)27-12-17-7-8-22-23(10-17)32-15-31-22/h2,4,6-8,10-11,19H,3,5,9,12-15H2,1H3,(H,27,30)/t19-/m1/s1. The van der Waals surface area contributed by atoms with Crippen molar-refractivity contribution < 1.29 is 18.7 Å². The van der Waals surface area contributed by atoms with Crippen LogP contribution in [0.25, 0.3) is 11.5 Å². The Labute approximate surface area is 197 Å². The summed E-state index contributed by atoms with van der Waals surface area (Å²) in [5, 5.41) is 3.73. The molecule has 1 N–H and O–H groups in total. The average Bonchev–Trinajstić information content (AvgIpc) is 3.44. The molecular formula is C25H26ClN3O4. The predicted molar refractivity (Wildman–Crippen MR) is 124 cm³/mol. The van der Waals surface area contributed by atoms with E-state index in [1.165, 1.54) is 0 Å². The van der Waals surface area contributed by atoms with Gasteiger partial charge in [-0.05, 0) is 62.2 Å². The lowest BCUT2D eigenvalue weighted by molar-refractivity contribution is -0.127. The van der Waals surface area contributed by atoms with Gasteiger partial charge in [0.2, 0.25) is 18.6 Å². The summed E-state index contributed by atoms with van der Waals surface area (Å²) in [7, 11) is 0. The second-order valence-corrected chi connectivity index (χ2v) is 8.95. The molecule has 0 saturated carbocycles. The fraction of sp³-hybridized carbons (Fsp3) is 0.360. The van der Waals surface area contributed by atoms with E-state index in [0.717, 1.165) is 53.5 Å². The highest BCUT2D eigenvalue weighted by atomic mass is 35.5. The van der Waals surface area contributed by atoms with E-state index in [4.69, 9.17) is 30.5 Å². The molecule has 2 aromatic carbocycles. The Kier molecular flexibility index (Phi) is 6.24. The van der Waals surface area contributed by atoms with Crippen LogP contribution in [0.1, 0.15) is 29.9 Å². The molecular weight excluding hydrogens is 442 g/mol. The van der Waals surface area contributed by atoms with Gasteiger partial charge in [-0.15, -0.1) is 0 Å². The summed E-state index contributed by atoms with van der Waals surface area (Å²) in [6.45, 7) is 4.93. The SMILES string of the molecule is Cc1oc(-c2cccc(Cl)c2)nc1CN1CCC[C@@H](C(=O)NCc2ccc3c(c2)OCO3)C1. The van der Waals surface area contributed by atoms with Gasteiger partial charge in [-0.1, -0.05) is 23.7 Å². The van der Waals surface area contributed by atoms with Gasteiger partial charge in [0, 0.05) is 30.2 Å². The molecule has 3 heterocycles. The first-order valence-corrected chi connectivity index (χ1v) is 11.5. The van der Waals surface area contributed by atoms with E-state index in [9.17, 15) is 4.79 Å². The highest BCUT2D eigenvalue weighted by Gasteiger charge is 2.27. The molecule has 33 heavy (non-hydrogen) atoms. The number of carbonyl (C=O) groups excluding carboxylic acids is 1. The number of piperidine rings is 1. The van der Waals surface area contributed by atoms with Crippen molar-refractivity contribution in [2.75, 3.05) is 19.9 Å². The Morgan fingerprint density at radius 3 is 2.97 bits per heavy atom. The minimum atomic E-state index is -0.0487. The van der Waals surface area contributed by atoms with Crippen LogP contribution in [0, 0.1) is 12.8 Å². The van der Waals surface area contributed by atoms with Crippen LogP contribution in [0.4, 0.5) is 0 Å². The van der Waals surface area contributed by atoms with E-state index in [-0.39, 0.29) is 18.6 Å². The molecule has 0 radical (unpaired) electrons. The zero-order valence-electron chi connectivity index (χ0n) is 18.5. The number of fused-ring (bicyclic) bond motifs is 1. The Bertz CT molecular complexity index is 1160. The number of hydrogen-bond donors (Lipinski definition) is 1. The molecule has 2 aliphatic rings. The number of ether oxygens (including phenoxy) is 2. The van der Waals surface area contributed by atoms with Crippen molar-refractivity contribution in [1.82, 2.24) is 15.2 Å². The lowest BCUT2D eigenvalue weighted by Crippen LogP contribution is -2.42. The van der Waals surface area contributed by atoms with Crippen molar-refractivity contribution >= 4 is 17.5 Å². The third-order valence-corrected chi connectivity index (χ3v) is 6.35. The first kappa shape index (κ1) is 21.8.